The summed E-state index contributed by atoms with van der Waals surface area (Å²) in [5, 5.41) is 33.9. The van der Waals surface area contributed by atoms with Crippen molar-refractivity contribution in [1.82, 2.24) is 0 Å². The standard InChI is InChI=1S/C27H42O12/c1-14(2)8-20(30)38-22(16(5)6)24(32)35-11-18-12-36-25(39-21(31)9-15(3)4)23-26(18,33)10-19(29)27(23,34)13-37-17(7)28/h12,14-16,19,22-23,25,29,33-34H,8-11,13H2,1-7H3/t19-,22+,23-,25-,26-,27+/m0/s1. The maximum Gasteiger partial charge on any atom is 0.348 e. The first-order valence-electron chi connectivity index (χ1n) is 13.2. The van der Waals surface area contributed by atoms with Gasteiger partial charge in [-0.15, -0.1) is 0 Å². The minimum Gasteiger partial charge on any atom is -0.463 e. The highest BCUT2D eigenvalue weighted by Gasteiger charge is 2.69. The number of hydrogen-bond donors (Lipinski definition) is 3. The Morgan fingerprint density at radius 1 is 1.00 bits per heavy atom. The highest BCUT2D eigenvalue weighted by atomic mass is 16.7. The van der Waals surface area contributed by atoms with E-state index in [-0.39, 0.29) is 30.3 Å². The van der Waals surface area contributed by atoms with E-state index < -0.39 is 85.0 Å². The van der Waals surface area contributed by atoms with Crippen molar-refractivity contribution < 1.29 is 58.2 Å². The molecule has 1 aliphatic heterocycles. The summed E-state index contributed by atoms with van der Waals surface area (Å²) in [4.78, 5) is 48.9. The quantitative estimate of drug-likeness (QED) is 0.232. The molecule has 0 radical (unpaired) electrons. The van der Waals surface area contributed by atoms with Crippen molar-refractivity contribution in [3.05, 3.63) is 11.8 Å². The van der Waals surface area contributed by atoms with Gasteiger partial charge in [-0.2, -0.15) is 0 Å². The third kappa shape index (κ3) is 7.92. The molecule has 0 spiro atoms. The van der Waals surface area contributed by atoms with Crippen LogP contribution in [0.25, 0.3) is 0 Å². The lowest BCUT2D eigenvalue weighted by Gasteiger charge is -2.43. The first-order valence-corrected chi connectivity index (χ1v) is 13.2. The summed E-state index contributed by atoms with van der Waals surface area (Å²) in [7, 11) is 0. The van der Waals surface area contributed by atoms with Crippen LogP contribution in [0.15, 0.2) is 11.8 Å². The van der Waals surface area contributed by atoms with E-state index in [1.165, 1.54) is 0 Å². The number of fused-ring (bicyclic) bond motifs is 1. The summed E-state index contributed by atoms with van der Waals surface area (Å²) in [5.41, 5.74) is -4.37. The smallest absolute Gasteiger partial charge is 0.348 e. The molecule has 6 atom stereocenters. The number of rotatable bonds is 12. The van der Waals surface area contributed by atoms with Gasteiger partial charge in [-0.3, -0.25) is 14.4 Å². The molecule has 0 bridgehead atoms. The lowest BCUT2D eigenvalue weighted by Crippen LogP contribution is -2.59. The lowest BCUT2D eigenvalue weighted by atomic mass is 9.77. The fourth-order valence-corrected chi connectivity index (χ4v) is 4.72. The van der Waals surface area contributed by atoms with Crippen molar-refractivity contribution in [3.63, 3.8) is 0 Å². The van der Waals surface area contributed by atoms with Gasteiger partial charge in [-0.25, -0.2) is 4.79 Å². The number of carbonyl (C=O) groups excluding carboxylic acids is 4. The van der Waals surface area contributed by atoms with E-state index in [1.807, 2.05) is 13.8 Å². The van der Waals surface area contributed by atoms with Crippen LogP contribution in [0.5, 0.6) is 0 Å². The van der Waals surface area contributed by atoms with Gasteiger partial charge in [0.25, 0.3) is 6.29 Å². The summed E-state index contributed by atoms with van der Waals surface area (Å²) in [6.07, 6.45) is -3.64. The average molecular weight is 559 g/mol. The first kappa shape index (κ1) is 32.5. The van der Waals surface area contributed by atoms with Crippen LogP contribution in [0.3, 0.4) is 0 Å². The average Bonchev–Trinajstić information content (AvgIpc) is 3.00. The Labute approximate surface area is 228 Å². The van der Waals surface area contributed by atoms with Crippen LogP contribution in [0.2, 0.25) is 0 Å². The van der Waals surface area contributed by atoms with Gasteiger partial charge in [-0.1, -0.05) is 41.5 Å². The number of carbonyl (C=O) groups is 4. The van der Waals surface area contributed by atoms with Gasteiger partial charge < -0.3 is 39.0 Å². The van der Waals surface area contributed by atoms with Crippen LogP contribution in [0, 0.1) is 23.7 Å². The molecular weight excluding hydrogens is 516 g/mol. The van der Waals surface area contributed by atoms with Crippen molar-refractivity contribution in [2.75, 3.05) is 13.2 Å². The zero-order valence-electron chi connectivity index (χ0n) is 23.7. The highest BCUT2D eigenvalue weighted by Crippen LogP contribution is 2.52. The highest BCUT2D eigenvalue weighted by molar-refractivity contribution is 5.79. The molecule has 222 valence electrons. The molecule has 0 unspecified atom stereocenters. The molecule has 2 rings (SSSR count). The molecule has 1 aliphatic carbocycles. The SMILES string of the molecule is CC(=O)OC[C@]1(O)[C@H]2[C@H](OC(=O)CC(C)C)OC=C(COC(=O)[C@H](OC(=O)CC(C)C)C(C)C)[C@@]2(O)C[C@@H]1O. The Hall–Kier alpha value is -2.70. The molecular formula is C27H42O12. The maximum absolute atomic E-state index is 12.9. The van der Waals surface area contributed by atoms with Crippen molar-refractivity contribution in [2.24, 2.45) is 23.7 Å². The molecule has 12 nitrogen and oxygen atoms in total. The van der Waals surface area contributed by atoms with Crippen LogP contribution in [-0.2, 0) is 42.9 Å². The first-order chi connectivity index (χ1) is 18.0. The van der Waals surface area contributed by atoms with Gasteiger partial charge in [-0.05, 0) is 11.8 Å². The van der Waals surface area contributed by atoms with Crippen LogP contribution in [-0.4, -0.2) is 82.1 Å². The van der Waals surface area contributed by atoms with E-state index >= 15 is 0 Å². The molecule has 1 saturated carbocycles. The van der Waals surface area contributed by atoms with Crippen LogP contribution < -0.4 is 0 Å². The van der Waals surface area contributed by atoms with E-state index in [2.05, 4.69) is 0 Å². The Morgan fingerprint density at radius 3 is 2.13 bits per heavy atom. The molecule has 12 heteroatoms. The Bertz CT molecular complexity index is 941. The molecule has 0 aromatic carbocycles. The second-order valence-corrected chi connectivity index (χ2v) is 11.5. The van der Waals surface area contributed by atoms with Gasteiger partial charge >= 0.3 is 23.9 Å². The fourth-order valence-electron chi connectivity index (χ4n) is 4.72. The molecule has 0 amide bonds. The van der Waals surface area contributed by atoms with Gasteiger partial charge in [0.15, 0.2) is 0 Å². The fraction of sp³-hybridized carbons (Fsp3) is 0.778. The minimum atomic E-state index is -2.26. The topological polar surface area (TPSA) is 175 Å². The second kappa shape index (κ2) is 13.1. The molecule has 0 aromatic rings. The number of hydrogen-bond acceptors (Lipinski definition) is 12. The number of aliphatic hydroxyl groups is 3. The number of esters is 4. The van der Waals surface area contributed by atoms with Crippen LogP contribution in [0.4, 0.5) is 0 Å². The third-order valence-electron chi connectivity index (χ3n) is 6.68. The normalized spacial score (nSPS) is 28.8. The molecule has 0 aromatic heterocycles. The molecule has 3 N–H and O–H groups in total. The molecule has 2 aliphatic rings. The van der Waals surface area contributed by atoms with Gasteiger partial charge in [0.05, 0.1) is 12.4 Å². The molecule has 1 heterocycles. The summed E-state index contributed by atoms with van der Waals surface area (Å²) >= 11 is 0. The van der Waals surface area contributed by atoms with Crippen molar-refractivity contribution in [3.8, 4) is 0 Å². The Morgan fingerprint density at radius 2 is 1.59 bits per heavy atom. The third-order valence-corrected chi connectivity index (χ3v) is 6.68. The summed E-state index contributed by atoms with van der Waals surface area (Å²) in [5.74, 6) is -4.76. The summed E-state index contributed by atoms with van der Waals surface area (Å²) in [6, 6.07) is 0. The monoisotopic (exact) mass is 558 g/mol. The maximum atomic E-state index is 12.9. The van der Waals surface area contributed by atoms with Gasteiger partial charge in [0.1, 0.15) is 30.3 Å². The number of aliphatic hydroxyl groups excluding tert-OH is 1. The zero-order valence-corrected chi connectivity index (χ0v) is 23.7. The van der Waals surface area contributed by atoms with E-state index in [4.69, 9.17) is 23.7 Å². The second-order valence-electron chi connectivity index (χ2n) is 11.5. The van der Waals surface area contributed by atoms with Crippen LogP contribution >= 0.6 is 0 Å². The minimum absolute atomic E-state index is 0.0240. The molecule has 39 heavy (non-hydrogen) atoms. The van der Waals surface area contributed by atoms with E-state index in [0.29, 0.717) is 0 Å². The summed E-state index contributed by atoms with van der Waals surface area (Å²) in [6.45, 7) is 10.5. The van der Waals surface area contributed by atoms with Crippen molar-refractivity contribution in [1.29, 1.82) is 0 Å². The van der Waals surface area contributed by atoms with Gasteiger partial charge in [0, 0.05) is 37.7 Å². The molecule has 0 saturated heterocycles. The predicted octanol–water partition coefficient (Wildman–Crippen LogP) is 1.38. The van der Waals surface area contributed by atoms with Crippen molar-refractivity contribution >= 4 is 23.9 Å². The summed E-state index contributed by atoms with van der Waals surface area (Å²) < 4.78 is 26.6. The molecule has 1 fully saturated rings. The Balaban J connectivity index is 2.31. The van der Waals surface area contributed by atoms with E-state index in [0.717, 1.165) is 13.2 Å². The van der Waals surface area contributed by atoms with E-state index in [1.54, 1.807) is 27.7 Å². The largest absolute Gasteiger partial charge is 0.463 e. The van der Waals surface area contributed by atoms with E-state index in [9.17, 15) is 34.5 Å². The van der Waals surface area contributed by atoms with Gasteiger partial charge in [0.2, 0.25) is 6.10 Å². The predicted molar refractivity (Wildman–Crippen MR) is 134 cm³/mol. The van der Waals surface area contributed by atoms with Crippen LogP contribution in [0.1, 0.15) is 67.7 Å². The zero-order chi connectivity index (χ0) is 29.7. The Kier molecular flexibility index (Phi) is 10.9. The van der Waals surface area contributed by atoms with Crippen molar-refractivity contribution in [2.45, 2.75) is 97.4 Å². The number of ether oxygens (including phenoxy) is 5. The lowest BCUT2D eigenvalue weighted by molar-refractivity contribution is -0.239.